The topological polar surface area (TPSA) is 43.3 Å². The predicted octanol–water partition coefficient (Wildman–Crippen LogP) is 4.23. The van der Waals surface area contributed by atoms with Crippen molar-refractivity contribution in [3.63, 3.8) is 0 Å². The van der Waals surface area contributed by atoms with Crippen molar-refractivity contribution in [2.75, 3.05) is 12.4 Å². The molecule has 0 aliphatic rings. The van der Waals surface area contributed by atoms with Gasteiger partial charge in [-0.2, -0.15) is 0 Å². The van der Waals surface area contributed by atoms with Gasteiger partial charge in [-0.05, 0) is 42.3 Å². The highest BCUT2D eigenvalue weighted by atomic mass is 16.5. The molecule has 0 unspecified atom stereocenters. The van der Waals surface area contributed by atoms with Crippen molar-refractivity contribution in [3.8, 4) is 5.75 Å². The van der Waals surface area contributed by atoms with E-state index in [-0.39, 0.29) is 11.9 Å². The molecular weight excluding hydrogens is 312 g/mol. The minimum Gasteiger partial charge on any atom is -0.495 e. The molecule has 0 saturated carbocycles. The van der Waals surface area contributed by atoms with Crippen LogP contribution in [0.3, 0.4) is 0 Å². The number of aromatic nitrogens is 1. The Balaban J connectivity index is 1.86. The van der Waals surface area contributed by atoms with E-state index in [2.05, 4.69) is 5.32 Å². The van der Waals surface area contributed by atoms with Gasteiger partial charge in [0.25, 0.3) is 0 Å². The van der Waals surface area contributed by atoms with Gasteiger partial charge in [0.1, 0.15) is 11.8 Å². The number of aryl methyl sites for hydroxylation is 1. The fourth-order valence-corrected chi connectivity index (χ4v) is 2.86. The van der Waals surface area contributed by atoms with E-state index < -0.39 is 0 Å². The molecule has 2 aromatic carbocycles. The average molecular weight is 334 g/mol. The Kier molecular flexibility index (Phi) is 5.19. The summed E-state index contributed by atoms with van der Waals surface area (Å²) in [4.78, 5) is 13.0. The molecular formula is C21H22N2O2. The minimum absolute atomic E-state index is 0.0658. The smallest absolute Gasteiger partial charge is 0.247 e. The van der Waals surface area contributed by atoms with Crippen LogP contribution in [-0.4, -0.2) is 17.6 Å². The van der Waals surface area contributed by atoms with Crippen LogP contribution in [-0.2, 0) is 11.2 Å². The number of anilines is 1. The van der Waals surface area contributed by atoms with Crippen molar-refractivity contribution in [2.24, 2.45) is 0 Å². The van der Waals surface area contributed by atoms with Crippen molar-refractivity contribution in [1.82, 2.24) is 4.57 Å². The van der Waals surface area contributed by atoms with Crippen LogP contribution in [0.4, 0.5) is 5.69 Å². The summed E-state index contributed by atoms with van der Waals surface area (Å²) in [6.45, 7) is 1.99. The summed E-state index contributed by atoms with van der Waals surface area (Å²) in [7, 11) is 1.60. The molecule has 1 aromatic heterocycles. The van der Waals surface area contributed by atoms with E-state index in [0.29, 0.717) is 17.9 Å². The molecule has 0 bridgehead atoms. The van der Waals surface area contributed by atoms with Crippen molar-refractivity contribution in [3.05, 3.63) is 84.2 Å². The van der Waals surface area contributed by atoms with Gasteiger partial charge in [-0.1, -0.05) is 36.4 Å². The molecule has 0 saturated heterocycles. The second-order valence-corrected chi connectivity index (χ2v) is 6.03. The van der Waals surface area contributed by atoms with Crippen LogP contribution in [0, 0.1) is 6.92 Å². The first-order valence-corrected chi connectivity index (χ1v) is 8.29. The standard InChI is InChI=1S/C21H22N2O2/c1-16-10-11-20(25-2)18(14-16)22-21(24)19(23-12-6-7-13-23)15-17-8-4-3-5-9-17/h3-14,19H,15H2,1-2H3,(H,22,24)/t19-/m0/s1. The molecule has 4 heteroatoms. The molecule has 0 spiro atoms. The average Bonchev–Trinajstić information content (AvgIpc) is 3.15. The summed E-state index contributed by atoms with van der Waals surface area (Å²) in [6.07, 6.45) is 4.46. The van der Waals surface area contributed by atoms with Crippen LogP contribution in [0.5, 0.6) is 5.75 Å². The van der Waals surface area contributed by atoms with Crippen molar-refractivity contribution < 1.29 is 9.53 Å². The number of carbonyl (C=O) groups is 1. The second kappa shape index (κ2) is 7.71. The molecule has 128 valence electrons. The van der Waals surface area contributed by atoms with Crippen LogP contribution < -0.4 is 10.1 Å². The van der Waals surface area contributed by atoms with Gasteiger partial charge in [0.2, 0.25) is 5.91 Å². The Bertz CT molecular complexity index is 826. The highest BCUT2D eigenvalue weighted by Crippen LogP contribution is 2.27. The number of hydrogen-bond acceptors (Lipinski definition) is 2. The van der Waals surface area contributed by atoms with Crippen molar-refractivity contribution in [1.29, 1.82) is 0 Å². The highest BCUT2D eigenvalue weighted by Gasteiger charge is 2.21. The molecule has 1 atom stereocenters. The summed E-state index contributed by atoms with van der Waals surface area (Å²) >= 11 is 0. The lowest BCUT2D eigenvalue weighted by atomic mass is 10.0. The van der Waals surface area contributed by atoms with Gasteiger partial charge in [0.15, 0.2) is 0 Å². The van der Waals surface area contributed by atoms with Crippen LogP contribution in [0.15, 0.2) is 73.1 Å². The fraction of sp³-hybridized carbons (Fsp3) is 0.190. The van der Waals surface area contributed by atoms with Crippen molar-refractivity contribution in [2.45, 2.75) is 19.4 Å². The van der Waals surface area contributed by atoms with E-state index in [0.717, 1.165) is 11.1 Å². The molecule has 3 aromatic rings. The lowest BCUT2D eigenvalue weighted by Crippen LogP contribution is -2.27. The number of rotatable bonds is 6. The third-order valence-electron chi connectivity index (χ3n) is 4.17. The lowest BCUT2D eigenvalue weighted by molar-refractivity contribution is -0.119. The van der Waals surface area contributed by atoms with E-state index in [1.54, 1.807) is 7.11 Å². The van der Waals surface area contributed by atoms with Crippen LogP contribution in [0.1, 0.15) is 17.2 Å². The number of amides is 1. The Morgan fingerprint density at radius 1 is 1.08 bits per heavy atom. The maximum absolute atomic E-state index is 13.0. The number of methoxy groups -OCH3 is 1. The largest absolute Gasteiger partial charge is 0.495 e. The Labute approximate surface area is 148 Å². The van der Waals surface area contributed by atoms with E-state index in [9.17, 15) is 4.79 Å². The molecule has 4 nitrogen and oxygen atoms in total. The van der Waals surface area contributed by atoms with Gasteiger partial charge in [-0.25, -0.2) is 0 Å². The SMILES string of the molecule is COc1ccc(C)cc1NC(=O)[C@H](Cc1ccccc1)n1cccc1. The maximum atomic E-state index is 13.0. The molecule has 25 heavy (non-hydrogen) atoms. The normalized spacial score (nSPS) is 11.8. The summed E-state index contributed by atoms with van der Waals surface area (Å²) in [5, 5.41) is 3.03. The van der Waals surface area contributed by atoms with E-state index in [1.165, 1.54) is 0 Å². The minimum atomic E-state index is -0.331. The zero-order valence-electron chi connectivity index (χ0n) is 14.5. The number of benzene rings is 2. The molecule has 1 heterocycles. The van der Waals surface area contributed by atoms with Crippen LogP contribution >= 0.6 is 0 Å². The third kappa shape index (κ3) is 4.10. The predicted molar refractivity (Wildman–Crippen MR) is 100.0 cm³/mol. The van der Waals surface area contributed by atoms with Crippen molar-refractivity contribution >= 4 is 11.6 Å². The summed E-state index contributed by atoms with van der Waals surface area (Å²) in [6, 6.07) is 19.3. The number of ether oxygens (including phenoxy) is 1. The first-order chi connectivity index (χ1) is 12.2. The molecule has 3 rings (SSSR count). The quantitative estimate of drug-likeness (QED) is 0.733. The fourth-order valence-electron chi connectivity index (χ4n) is 2.86. The summed E-state index contributed by atoms with van der Waals surface area (Å²) in [5.41, 5.74) is 2.88. The Hall–Kier alpha value is -3.01. The van der Waals surface area contributed by atoms with Gasteiger partial charge in [0.05, 0.1) is 12.8 Å². The summed E-state index contributed by atoms with van der Waals surface area (Å²) < 4.78 is 7.30. The van der Waals surface area contributed by atoms with Gasteiger partial charge in [-0.15, -0.1) is 0 Å². The van der Waals surface area contributed by atoms with Gasteiger partial charge in [-0.3, -0.25) is 4.79 Å². The molecule has 0 radical (unpaired) electrons. The zero-order chi connectivity index (χ0) is 17.6. The second-order valence-electron chi connectivity index (χ2n) is 6.03. The molecule has 0 aliphatic heterocycles. The molecule has 0 aliphatic carbocycles. The molecule has 1 N–H and O–H groups in total. The number of nitrogens with zero attached hydrogens (tertiary/aromatic N) is 1. The van der Waals surface area contributed by atoms with E-state index in [1.807, 2.05) is 84.5 Å². The molecule has 1 amide bonds. The number of carbonyl (C=O) groups excluding carboxylic acids is 1. The zero-order valence-corrected chi connectivity index (χ0v) is 14.5. The summed E-state index contributed by atoms with van der Waals surface area (Å²) in [5.74, 6) is 0.592. The Morgan fingerprint density at radius 2 is 1.80 bits per heavy atom. The number of hydrogen-bond donors (Lipinski definition) is 1. The third-order valence-corrected chi connectivity index (χ3v) is 4.17. The van der Waals surface area contributed by atoms with Gasteiger partial charge < -0.3 is 14.6 Å². The first kappa shape index (κ1) is 16.8. The number of nitrogens with one attached hydrogen (secondary N) is 1. The Morgan fingerprint density at radius 3 is 2.48 bits per heavy atom. The molecule has 0 fully saturated rings. The van der Waals surface area contributed by atoms with Crippen LogP contribution in [0.2, 0.25) is 0 Å². The van der Waals surface area contributed by atoms with Gasteiger partial charge in [0, 0.05) is 18.8 Å². The van der Waals surface area contributed by atoms with Crippen LogP contribution in [0.25, 0.3) is 0 Å². The lowest BCUT2D eigenvalue weighted by Gasteiger charge is -2.20. The highest BCUT2D eigenvalue weighted by molar-refractivity contribution is 5.95. The first-order valence-electron chi connectivity index (χ1n) is 8.29. The van der Waals surface area contributed by atoms with Gasteiger partial charge >= 0.3 is 0 Å². The van der Waals surface area contributed by atoms with E-state index >= 15 is 0 Å². The van der Waals surface area contributed by atoms with E-state index in [4.69, 9.17) is 4.74 Å². The maximum Gasteiger partial charge on any atom is 0.247 e. The monoisotopic (exact) mass is 334 g/mol.